The number of halogens is 1. The van der Waals surface area contributed by atoms with Crippen LogP contribution in [0.3, 0.4) is 0 Å². The summed E-state index contributed by atoms with van der Waals surface area (Å²) in [7, 11) is 1.63. The number of hydrogen-bond donors (Lipinski definition) is 1. The number of nitrogens with one attached hydrogen (secondary N) is 1. The SMILES string of the molecule is COc1ccccc1-c1ccc2ccc(NC(=O)c3cccc(Br)c3)nc2n1. The summed E-state index contributed by atoms with van der Waals surface area (Å²) < 4.78 is 6.27. The minimum absolute atomic E-state index is 0.228. The monoisotopic (exact) mass is 433 g/mol. The molecule has 1 amide bonds. The Kier molecular flexibility index (Phi) is 5.04. The van der Waals surface area contributed by atoms with Gasteiger partial charge >= 0.3 is 0 Å². The van der Waals surface area contributed by atoms with Crippen molar-refractivity contribution in [2.24, 2.45) is 0 Å². The summed E-state index contributed by atoms with van der Waals surface area (Å²) in [4.78, 5) is 21.6. The number of nitrogens with zero attached hydrogens (tertiary/aromatic N) is 2. The maximum absolute atomic E-state index is 12.5. The predicted molar refractivity (Wildman–Crippen MR) is 114 cm³/mol. The van der Waals surface area contributed by atoms with Crippen LogP contribution in [-0.2, 0) is 0 Å². The smallest absolute Gasteiger partial charge is 0.256 e. The second-order valence-corrected chi connectivity index (χ2v) is 7.02. The minimum atomic E-state index is -0.228. The third kappa shape index (κ3) is 3.73. The molecule has 28 heavy (non-hydrogen) atoms. The van der Waals surface area contributed by atoms with Gasteiger partial charge in [-0.15, -0.1) is 0 Å². The lowest BCUT2D eigenvalue weighted by Gasteiger charge is -2.09. The molecule has 138 valence electrons. The lowest BCUT2D eigenvalue weighted by molar-refractivity contribution is 0.102. The maximum atomic E-state index is 12.5. The summed E-state index contributed by atoms with van der Waals surface area (Å²) in [5.74, 6) is 0.963. The van der Waals surface area contributed by atoms with Gasteiger partial charge in [0.25, 0.3) is 5.91 Å². The van der Waals surface area contributed by atoms with E-state index in [1.807, 2.05) is 54.6 Å². The van der Waals surface area contributed by atoms with E-state index in [1.165, 1.54) is 0 Å². The van der Waals surface area contributed by atoms with Crippen LogP contribution >= 0.6 is 15.9 Å². The Morgan fingerprint density at radius 2 is 1.79 bits per heavy atom. The molecular weight excluding hydrogens is 418 g/mol. The van der Waals surface area contributed by atoms with Crippen molar-refractivity contribution in [3.8, 4) is 17.0 Å². The molecule has 2 aromatic heterocycles. The van der Waals surface area contributed by atoms with E-state index < -0.39 is 0 Å². The van der Waals surface area contributed by atoms with Crippen LogP contribution in [0.5, 0.6) is 5.75 Å². The van der Waals surface area contributed by atoms with Crippen molar-refractivity contribution in [2.45, 2.75) is 0 Å². The van der Waals surface area contributed by atoms with Crippen molar-refractivity contribution in [1.29, 1.82) is 0 Å². The zero-order valence-corrected chi connectivity index (χ0v) is 16.6. The zero-order chi connectivity index (χ0) is 19.5. The van der Waals surface area contributed by atoms with Gasteiger partial charge in [-0.1, -0.05) is 34.1 Å². The van der Waals surface area contributed by atoms with Crippen molar-refractivity contribution in [2.75, 3.05) is 12.4 Å². The fourth-order valence-corrected chi connectivity index (χ4v) is 3.29. The van der Waals surface area contributed by atoms with Gasteiger partial charge in [0, 0.05) is 21.0 Å². The number of carbonyl (C=O) groups is 1. The van der Waals surface area contributed by atoms with Crippen LogP contribution in [0.4, 0.5) is 5.82 Å². The second kappa shape index (κ2) is 7.78. The minimum Gasteiger partial charge on any atom is -0.496 e. The predicted octanol–water partition coefficient (Wildman–Crippen LogP) is 5.32. The summed E-state index contributed by atoms with van der Waals surface area (Å²) in [5.41, 5.74) is 2.74. The van der Waals surface area contributed by atoms with Gasteiger partial charge in [0.1, 0.15) is 11.6 Å². The number of hydrogen-bond acceptors (Lipinski definition) is 4. The maximum Gasteiger partial charge on any atom is 0.256 e. The van der Waals surface area contributed by atoms with Crippen molar-refractivity contribution in [1.82, 2.24) is 9.97 Å². The average molecular weight is 434 g/mol. The van der Waals surface area contributed by atoms with E-state index in [0.717, 1.165) is 26.9 Å². The Labute approximate surface area is 170 Å². The zero-order valence-electron chi connectivity index (χ0n) is 15.0. The number of benzene rings is 2. The van der Waals surface area contributed by atoms with Crippen LogP contribution in [-0.4, -0.2) is 23.0 Å². The Bertz CT molecular complexity index is 1180. The Hall–Kier alpha value is -3.25. The van der Waals surface area contributed by atoms with Gasteiger partial charge < -0.3 is 10.1 Å². The second-order valence-electron chi connectivity index (χ2n) is 6.10. The Morgan fingerprint density at radius 3 is 2.61 bits per heavy atom. The molecule has 6 heteroatoms. The normalized spacial score (nSPS) is 10.6. The highest BCUT2D eigenvalue weighted by atomic mass is 79.9. The summed E-state index contributed by atoms with van der Waals surface area (Å²) in [6, 6.07) is 22.4. The van der Waals surface area contributed by atoms with Crippen molar-refractivity contribution in [3.63, 3.8) is 0 Å². The van der Waals surface area contributed by atoms with E-state index >= 15 is 0 Å². The van der Waals surface area contributed by atoms with Crippen molar-refractivity contribution < 1.29 is 9.53 Å². The molecule has 2 aromatic carbocycles. The molecular formula is C22H16BrN3O2. The molecule has 4 aromatic rings. The molecule has 0 aliphatic carbocycles. The van der Waals surface area contributed by atoms with Gasteiger partial charge in [-0.3, -0.25) is 4.79 Å². The van der Waals surface area contributed by atoms with Crippen LogP contribution in [0.2, 0.25) is 0 Å². The van der Waals surface area contributed by atoms with Crippen LogP contribution in [0.1, 0.15) is 10.4 Å². The van der Waals surface area contributed by atoms with E-state index in [0.29, 0.717) is 17.0 Å². The molecule has 0 radical (unpaired) electrons. The number of pyridine rings is 2. The molecule has 0 saturated heterocycles. The van der Waals surface area contributed by atoms with E-state index in [9.17, 15) is 4.79 Å². The third-order valence-corrected chi connectivity index (χ3v) is 4.76. The summed E-state index contributed by atoms with van der Waals surface area (Å²) in [5, 5.41) is 3.71. The van der Waals surface area contributed by atoms with Crippen LogP contribution in [0, 0.1) is 0 Å². The number of aromatic nitrogens is 2. The largest absolute Gasteiger partial charge is 0.496 e. The number of rotatable bonds is 4. The number of fused-ring (bicyclic) bond motifs is 1. The summed E-state index contributed by atoms with van der Waals surface area (Å²) in [6.45, 7) is 0. The first kappa shape index (κ1) is 18.1. The van der Waals surface area contributed by atoms with E-state index in [1.54, 1.807) is 25.3 Å². The molecule has 0 unspecified atom stereocenters. The number of para-hydroxylation sites is 1. The molecule has 0 aliphatic rings. The molecule has 2 heterocycles. The number of anilines is 1. The third-order valence-electron chi connectivity index (χ3n) is 4.26. The highest BCUT2D eigenvalue weighted by Crippen LogP contribution is 2.29. The number of methoxy groups -OCH3 is 1. The molecule has 5 nitrogen and oxygen atoms in total. The van der Waals surface area contributed by atoms with Crippen LogP contribution in [0.25, 0.3) is 22.3 Å². The topological polar surface area (TPSA) is 64.1 Å². The molecule has 0 atom stereocenters. The van der Waals surface area contributed by atoms with E-state index in [4.69, 9.17) is 4.74 Å². The molecule has 0 spiro atoms. The van der Waals surface area contributed by atoms with Gasteiger partial charge in [-0.2, -0.15) is 0 Å². The molecule has 4 rings (SSSR count). The first-order chi connectivity index (χ1) is 13.6. The Balaban J connectivity index is 1.67. The van der Waals surface area contributed by atoms with E-state index in [-0.39, 0.29) is 5.91 Å². The quantitative estimate of drug-likeness (QED) is 0.472. The fourth-order valence-electron chi connectivity index (χ4n) is 2.89. The fraction of sp³-hybridized carbons (Fsp3) is 0.0455. The van der Waals surface area contributed by atoms with Gasteiger partial charge in [0.05, 0.1) is 12.8 Å². The number of ether oxygens (including phenoxy) is 1. The Morgan fingerprint density at radius 1 is 0.964 bits per heavy atom. The molecule has 0 aliphatic heterocycles. The average Bonchev–Trinajstić information content (AvgIpc) is 2.73. The highest BCUT2D eigenvalue weighted by Gasteiger charge is 2.10. The standard InChI is InChI=1S/C22H16BrN3O2/c1-28-19-8-3-2-7-17(19)18-11-9-14-10-12-20(25-21(14)24-18)26-22(27)15-5-4-6-16(23)13-15/h2-13H,1H3,(H,24,25,26,27). The van der Waals surface area contributed by atoms with E-state index in [2.05, 4.69) is 31.2 Å². The number of amides is 1. The van der Waals surface area contributed by atoms with Crippen molar-refractivity contribution in [3.05, 3.63) is 82.8 Å². The van der Waals surface area contributed by atoms with Crippen LogP contribution < -0.4 is 10.1 Å². The highest BCUT2D eigenvalue weighted by molar-refractivity contribution is 9.10. The van der Waals surface area contributed by atoms with Crippen LogP contribution in [0.15, 0.2) is 77.3 Å². The molecule has 0 fully saturated rings. The lowest BCUT2D eigenvalue weighted by Crippen LogP contribution is -2.13. The van der Waals surface area contributed by atoms with Gasteiger partial charge in [-0.25, -0.2) is 9.97 Å². The van der Waals surface area contributed by atoms with Crippen molar-refractivity contribution >= 4 is 38.7 Å². The first-order valence-corrected chi connectivity index (χ1v) is 9.41. The summed E-state index contributed by atoms with van der Waals surface area (Å²) in [6.07, 6.45) is 0. The first-order valence-electron chi connectivity index (χ1n) is 8.62. The molecule has 0 saturated carbocycles. The number of carbonyl (C=O) groups excluding carboxylic acids is 1. The van der Waals surface area contributed by atoms with Gasteiger partial charge in [0.15, 0.2) is 5.65 Å². The van der Waals surface area contributed by atoms with Gasteiger partial charge in [-0.05, 0) is 54.6 Å². The van der Waals surface area contributed by atoms with Gasteiger partial charge in [0.2, 0.25) is 0 Å². The lowest BCUT2D eigenvalue weighted by atomic mass is 10.1. The molecule has 1 N–H and O–H groups in total. The summed E-state index contributed by atoms with van der Waals surface area (Å²) >= 11 is 3.37. The molecule has 0 bridgehead atoms.